The molecule has 0 radical (unpaired) electrons. The normalized spacial score (nSPS) is 33.4. The lowest BCUT2D eigenvalue weighted by atomic mass is 9.85. The fourth-order valence-corrected chi connectivity index (χ4v) is 2.67. The summed E-state index contributed by atoms with van der Waals surface area (Å²) in [4.78, 5) is 14.0. The van der Waals surface area contributed by atoms with Crippen molar-refractivity contribution in [1.82, 2.24) is 4.90 Å². The fraction of sp³-hybridized carbons (Fsp3) is 0.923. The van der Waals surface area contributed by atoms with E-state index < -0.39 is 0 Å². The van der Waals surface area contributed by atoms with Gasteiger partial charge in [0.15, 0.2) is 0 Å². The van der Waals surface area contributed by atoms with Gasteiger partial charge in [-0.05, 0) is 39.0 Å². The Hall–Kier alpha value is -0.570. The molecule has 1 rings (SSSR count). The molecule has 3 heteroatoms. The molecule has 1 aliphatic rings. The van der Waals surface area contributed by atoms with Gasteiger partial charge in [-0.25, -0.2) is 0 Å². The van der Waals surface area contributed by atoms with Gasteiger partial charge in [-0.3, -0.25) is 9.69 Å². The van der Waals surface area contributed by atoms with Crippen LogP contribution in [0.4, 0.5) is 0 Å². The highest BCUT2D eigenvalue weighted by atomic mass is 16.5. The average Bonchev–Trinajstić information content (AvgIpc) is 2.22. The number of likely N-dealkylation sites (tertiary alicyclic amines) is 1. The van der Waals surface area contributed by atoms with E-state index in [0.717, 1.165) is 6.54 Å². The van der Waals surface area contributed by atoms with Crippen LogP contribution in [0.25, 0.3) is 0 Å². The SMILES string of the molecule is CCOC(=O)C(C)N1CC(C)CC(C)C1C. The van der Waals surface area contributed by atoms with Gasteiger partial charge in [0.2, 0.25) is 0 Å². The van der Waals surface area contributed by atoms with Gasteiger partial charge in [0.1, 0.15) is 6.04 Å². The first-order valence-corrected chi connectivity index (χ1v) is 6.39. The quantitative estimate of drug-likeness (QED) is 0.693. The van der Waals surface area contributed by atoms with Crippen LogP contribution in [0, 0.1) is 11.8 Å². The minimum atomic E-state index is -0.111. The molecule has 0 N–H and O–H groups in total. The molecule has 0 amide bonds. The van der Waals surface area contributed by atoms with Gasteiger partial charge < -0.3 is 4.74 Å². The van der Waals surface area contributed by atoms with Gasteiger partial charge in [-0.15, -0.1) is 0 Å². The minimum absolute atomic E-state index is 0.0874. The molecular formula is C13H25NO2. The maximum absolute atomic E-state index is 11.7. The summed E-state index contributed by atoms with van der Waals surface area (Å²) in [5.41, 5.74) is 0. The van der Waals surface area contributed by atoms with Gasteiger partial charge in [0.25, 0.3) is 0 Å². The zero-order valence-electron chi connectivity index (χ0n) is 11.2. The number of hydrogen-bond donors (Lipinski definition) is 0. The standard InChI is InChI=1S/C13H25NO2/c1-6-16-13(15)12(5)14-8-9(2)7-10(3)11(14)4/h9-12H,6-8H2,1-5H3. The Morgan fingerprint density at radius 1 is 1.44 bits per heavy atom. The van der Waals surface area contributed by atoms with Gasteiger partial charge in [-0.2, -0.15) is 0 Å². The molecular weight excluding hydrogens is 202 g/mol. The predicted molar refractivity (Wildman–Crippen MR) is 65.2 cm³/mol. The number of carbonyl (C=O) groups excluding carboxylic acids is 1. The van der Waals surface area contributed by atoms with Crippen LogP contribution in [-0.2, 0) is 9.53 Å². The molecule has 3 nitrogen and oxygen atoms in total. The molecule has 1 heterocycles. The number of esters is 1. The molecule has 4 unspecified atom stereocenters. The van der Waals surface area contributed by atoms with Crippen molar-refractivity contribution in [3.05, 3.63) is 0 Å². The van der Waals surface area contributed by atoms with Crippen LogP contribution >= 0.6 is 0 Å². The van der Waals surface area contributed by atoms with E-state index in [2.05, 4.69) is 25.7 Å². The second-order valence-electron chi connectivity index (χ2n) is 5.18. The van der Waals surface area contributed by atoms with Crippen LogP contribution in [0.2, 0.25) is 0 Å². The lowest BCUT2D eigenvalue weighted by Gasteiger charge is -2.43. The number of ether oxygens (including phenoxy) is 1. The summed E-state index contributed by atoms with van der Waals surface area (Å²) < 4.78 is 5.10. The second kappa shape index (κ2) is 5.67. The van der Waals surface area contributed by atoms with E-state index in [4.69, 9.17) is 4.74 Å². The summed E-state index contributed by atoms with van der Waals surface area (Å²) in [6.07, 6.45) is 1.26. The van der Waals surface area contributed by atoms with Crippen LogP contribution in [0.5, 0.6) is 0 Å². The number of rotatable bonds is 3. The summed E-state index contributed by atoms with van der Waals surface area (Å²) in [5.74, 6) is 1.24. The monoisotopic (exact) mass is 227 g/mol. The van der Waals surface area contributed by atoms with E-state index in [0.29, 0.717) is 24.5 Å². The molecule has 0 aromatic heterocycles. The van der Waals surface area contributed by atoms with Crippen molar-refractivity contribution in [1.29, 1.82) is 0 Å². The topological polar surface area (TPSA) is 29.5 Å². The van der Waals surface area contributed by atoms with Crippen LogP contribution < -0.4 is 0 Å². The van der Waals surface area contributed by atoms with Crippen molar-refractivity contribution in [2.75, 3.05) is 13.2 Å². The number of hydrogen-bond acceptors (Lipinski definition) is 3. The maximum atomic E-state index is 11.7. The molecule has 0 aromatic carbocycles. The number of nitrogens with zero attached hydrogens (tertiary/aromatic N) is 1. The summed E-state index contributed by atoms with van der Waals surface area (Å²) >= 11 is 0. The van der Waals surface area contributed by atoms with E-state index in [-0.39, 0.29) is 12.0 Å². The predicted octanol–water partition coefficient (Wildman–Crippen LogP) is 2.30. The largest absolute Gasteiger partial charge is 0.465 e. The molecule has 0 bridgehead atoms. The first-order valence-electron chi connectivity index (χ1n) is 6.39. The van der Waals surface area contributed by atoms with Crippen molar-refractivity contribution in [3.8, 4) is 0 Å². The molecule has 0 spiro atoms. The molecule has 1 aliphatic heterocycles. The third-order valence-corrected chi connectivity index (χ3v) is 3.77. The van der Waals surface area contributed by atoms with Crippen molar-refractivity contribution < 1.29 is 9.53 Å². The van der Waals surface area contributed by atoms with Crippen LogP contribution in [-0.4, -0.2) is 36.1 Å². The molecule has 0 saturated carbocycles. The Kier molecular flexibility index (Phi) is 4.78. The van der Waals surface area contributed by atoms with E-state index in [1.807, 2.05) is 13.8 Å². The van der Waals surface area contributed by atoms with E-state index >= 15 is 0 Å². The summed E-state index contributed by atoms with van der Waals surface area (Å²) in [6, 6.07) is 0.357. The number of piperidine rings is 1. The highest BCUT2D eigenvalue weighted by Crippen LogP contribution is 2.28. The Morgan fingerprint density at radius 2 is 2.06 bits per heavy atom. The van der Waals surface area contributed by atoms with Crippen LogP contribution in [0.1, 0.15) is 41.0 Å². The van der Waals surface area contributed by atoms with Crippen molar-refractivity contribution in [2.24, 2.45) is 11.8 Å². The minimum Gasteiger partial charge on any atom is -0.465 e. The third-order valence-electron chi connectivity index (χ3n) is 3.77. The molecule has 16 heavy (non-hydrogen) atoms. The van der Waals surface area contributed by atoms with Crippen LogP contribution in [0.3, 0.4) is 0 Å². The lowest BCUT2D eigenvalue weighted by Crippen LogP contribution is -2.52. The van der Waals surface area contributed by atoms with Gasteiger partial charge in [-0.1, -0.05) is 13.8 Å². The average molecular weight is 227 g/mol. The Bertz CT molecular complexity index is 242. The molecule has 0 aliphatic carbocycles. The summed E-state index contributed by atoms with van der Waals surface area (Å²) in [7, 11) is 0. The molecule has 94 valence electrons. The number of carbonyl (C=O) groups is 1. The van der Waals surface area contributed by atoms with Crippen LogP contribution in [0.15, 0.2) is 0 Å². The molecule has 4 atom stereocenters. The van der Waals surface area contributed by atoms with Crippen molar-refractivity contribution >= 4 is 5.97 Å². The third kappa shape index (κ3) is 2.97. The zero-order valence-corrected chi connectivity index (χ0v) is 11.2. The molecule has 1 saturated heterocycles. The first-order chi connectivity index (χ1) is 7.47. The van der Waals surface area contributed by atoms with Crippen molar-refractivity contribution in [2.45, 2.75) is 53.1 Å². The zero-order chi connectivity index (χ0) is 12.3. The van der Waals surface area contributed by atoms with Gasteiger partial charge in [0, 0.05) is 12.6 Å². The smallest absolute Gasteiger partial charge is 0.323 e. The molecule has 0 aromatic rings. The lowest BCUT2D eigenvalue weighted by molar-refractivity contribution is -0.151. The van der Waals surface area contributed by atoms with E-state index in [9.17, 15) is 4.79 Å². The highest BCUT2D eigenvalue weighted by Gasteiger charge is 2.34. The fourth-order valence-electron chi connectivity index (χ4n) is 2.67. The van der Waals surface area contributed by atoms with E-state index in [1.54, 1.807) is 0 Å². The Balaban J connectivity index is 2.65. The second-order valence-corrected chi connectivity index (χ2v) is 5.18. The highest BCUT2D eigenvalue weighted by molar-refractivity contribution is 5.75. The van der Waals surface area contributed by atoms with Crippen molar-refractivity contribution in [3.63, 3.8) is 0 Å². The molecule has 1 fully saturated rings. The van der Waals surface area contributed by atoms with Gasteiger partial charge in [0.05, 0.1) is 6.61 Å². The van der Waals surface area contributed by atoms with Gasteiger partial charge >= 0.3 is 5.97 Å². The Morgan fingerprint density at radius 3 is 2.62 bits per heavy atom. The maximum Gasteiger partial charge on any atom is 0.323 e. The van der Waals surface area contributed by atoms with E-state index in [1.165, 1.54) is 6.42 Å². The summed E-state index contributed by atoms with van der Waals surface area (Å²) in [5, 5.41) is 0. The first kappa shape index (κ1) is 13.5. The Labute approximate surface area is 99.1 Å². The summed E-state index contributed by atoms with van der Waals surface area (Å²) in [6.45, 7) is 12.0.